The number of para-hydroxylation sites is 1. The number of phenolic OH excluding ortho intramolecular Hbond substituents is 1. The summed E-state index contributed by atoms with van der Waals surface area (Å²) in [5.41, 5.74) is 15.7. The van der Waals surface area contributed by atoms with Crippen LogP contribution in [-0.4, -0.2) is 149 Å². The summed E-state index contributed by atoms with van der Waals surface area (Å²) in [5, 5.41) is 35.0. The highest BCUT2D eigenvalue weighted by Crippen LogP contribution is 2.39. The number of rotatable bonds is 21. The van der Waals surface area contributed by atoms with Crippen LogP contribution in [0.15, 0.2) is 72.7 Å². The van der Waals surface area contributed by atoms with Crippen LogP contribution in [0.3, 0.4) is 0 Å². The van der Waals surface area contributed by atoms with Crippen LogP contribution in [0.2, 0.25) is 0 Å². The normalized spacial score (nSPS) is 19.7. The molecule has 376 valence electrons. The molecule has 8 N–H and O–H groups in total. The molecule has 0 radical (unpaired) electrons. The molecule has 70 heavy (non-hydrogen) atoms. The minimum absolute atomic E-state index is 0.0350. The number of β-amino-alcohol motifs (C(OH)–C–C–N with tert-alkyl or cyclic N) is 1. The van der Waals surface area contributed by atoms with Crippen LogP contribution in [0.5, 0.6) is 11.6 Å². The van der Waals surface area contributed by atoms with E-state index in [1.165, 1.54) is 4.90 Å². The van der Waals surface area contributed by atoms with E-state index in [1.54, 1.807) is 37.5 Å². The maximum Gasteiger partial charge on any atom is 0.246 e. The maximum atomic E-state index is 13.9. The summed E-state index contributed by atoms with van der Waals surface area (Å²) in [7, 11) is 0. The molecule has 20 nitrogen and oxygen atoms in total. The van der Waals surface area contributed by atoms with Gasteiger partial charge in [-0.05, 0) is 54.5 Å². The minimum atomic E-state index is -0.985. The topological polar surface area (TPSA) is 266 Å². The zero-order valence-corrected chi connectivity index (χ0v) is 41.0. The fourth-order valence-electron chi connectivity index (χ4n) is 8.92. The number of aliphatic hydroxyl groups excluding tert-OH is 1. The second-order valence-electron chi connectivity index (χ2n) is 18.8. The Kier molecular flexibility index (Phi) is 17.4. The van der Waals surface area contributed by atoms with Crippen LogP contribution in [-0.2, 0) is 35.1 Å². The Morgan fingerprint density at radius 2 is 1.59 bits per heavy atom. The fraction of sp³-hybridized carbons (Fsp3) is 0.490. The van der Waals surface area contributed by atoms with Crippen LogP contribution in [0.4, 0.5) is 17.3 Å². The van der Waals surface area contributed by atoms with E-state index < -0.39 is 41.3 Å². The lowest BCUT2D eigenvalue weighted by Gasteiger charge is -2.42. The zero-order chi connectivity index (χ0) is 50.0. The van der Waals surface area contributed by atoms with Crippen molar-refractivity contribution in [1.82, 2.24) is 35.7 Å². The van der Waals surface area contributed by atoms with E-state index in [0.717, 1.165) is 35.5 Å². The quantitative estimate of drug-likeness (QED) is 0.0468. The van der Waals surface area contributed by atoms with E-state index in [0.29, 0.717) is 66.5 Å². The first-order chi connectivity index (χ1) is 33.6. The Morgan fingerprint density at radius 1 is 0.914 bits per heavy atom. The summed E-state index contributed by atoms with van der Waals surface area (Å²) in [5.74, 6) is 0.246. The van der Waals surface area contributed by atoms with Crippen molar-refractivity contribution in [3.8, 4) is 22.9 Å². The maximum absolute atomic E-state index is 13.9. The first-order valence-electron chi connectivity index (χ1n) is 23.5. The number of nitrogen functional groups attached to an aromatic ring is 1. The van der Waals surface area contributed by atoms with Crippen LogP contribution in [0.25, 0.3) is 16.2 Å². The lowest BCUT2D eigenvalue weighted by Crippen LogP contribution is -2.58. The van der Waals surface area contributed by atoms with Gasteiger partial charge in [-0.3, -0.25) is 19.4 Å². The molecular formula is C49H65N11O9S. The number of aliphatic hydroxyl groups is 1. The summed E-state index contributed by atoms with van der Waals surface area (Å²) < 4.78 is 22.7. The molecule has 2 aromatic heterocycles. The van der Waals surface area contributed by atoms with Gasteiger partial charge in [-0.25, -0.2) is 0 Å². The van der Waals surface area contributed by atoms with Gasteiger partial charge in [0.2, 0.25) is 23.6 Å². The fourth-order valence-corrected chi connectivity index (χ4v) is 9.07. The number of carbonyl (C=O) groups excluding carboxylic acids is 3. The SMILES string of the molecule is C/C(N)=C(/S)c1ccc(CNC(=O)[C@@H]2C[C@@H](O)CN2C(=O)[C@@H](NC(=O)COCCOCCOCCOc2cncc(N3C4CCC3CN(c3cc(-c5ccccc5O)nnc3N)C4)n2)C(C)(C)C)cc1. The Morgan fingerprint density at radius 3 is 2.26 bits per heavy atom. The van der Waals surface area contributed by atoms with Gasteiger partial charge in [-0.2, -0.15) is 4.98 Å². The highest BCUT2D eigenvalue weighted by Gasteiger charge is 2.45. The number of hydrogen-bond acceptors (Lipinski definition) is 18. The Balaban J connectivity index is 0.773. The molecule has 3 fully saturated rings. The minimum Gasteiger partial charge on any atom is -0.507 e. The smallest absolute Gasteiger partial charge is 0.246 e. The molecule has 0 spiro atoms. The van der Waals surface area contributed by atoms with Gasteiger partial charge in [-0.1, -0.05) is 57.2 Å². The molecule has 0 aliphatic carbocycles. The number of nitrogens with one attached hydrogen (secondary N) is 2. The molecule has 7 rings (SSSR count). The number of phenols is 1. The Bertz CT molecular complexity index is 2460. The number of nitrogens with two attached hydrogens (primary N) is 2. The summed E-state index contributed by atoms with van der Waals surface area (Å²) in [6.45, 7) is 10.0. The van der Waals surface area contributed by atoms with Crippen molar-refractivity contribution >= 4 is 52.6 Å². The standard InChI is InChI=1S/C49H65N11O9S/c1-30(50)44(70)32-11-9-31(10-12-32)23-53-47(64)39-21-35(61)28-59(39)48(65)45(49(2,3)4)55-42(63)29-68-18-17-66-15-16-67-19-20-69-43-25-52-24-41(54-43)60-33-13-14-34(60)27-58(26-33)38-22-37(56-57-46(38)51)36-7-5-6-8-40(36)62/h5-12,22,24-25,33-35,39,45,61-62,70H,13-21,23,26-29,50H2,1-4H3,(H2,51,57)(H,53,64)(H,55,63)/b44-30-/t33?,34?,35-,39+,45-/m1/s1. The average Bonchev–Trinajstić information content (AvgIpc) is 3.86. The van der Waals surface area contributed by atoms with Gasteiger partial charge in [0, 0.05) is 60.8 Å². The van der Waals surface area contributed by atoms with Crippen LogP contribution >= 0.6 is 12.6 Å². The molecule has 4 aromatic rings. The van der Waals surface area contributed by atoms with Crippen LogP contribution < -0.4 is 36.6 Å². The zero-order valence-electron chi connectivity index (χ0n) is 40.1. The van der Waals surface area contributed by atoms with E-state index in [9.17, 15) is 24.6 Å². The number of amides is 3. The van der Waals surface area contributed by atoms with Crippen molar-refractivity contribution in [2.24, 2.45) is 11.1 Å². The lowest BCUT2D eigenvalue weighted by atomic mass is 9.85. The molecule has 2 unspecified atom stereocenters. The number of anilines is 3. The molecule has 3 aliphatic rings. The summed E-state index contributed by atoms with van der Waals surface area (Å²) in [4.78, 5) is 56.0. The first kappa shape index (κ1) is 51.6. The number of ether oxygens (including phenoxy) is 4. The molecule has 3 amide bonds. The van der Waals surface area contributed by atoms with Crippen molar-refractivity contribution < 1.29 is 43.5 Å². The Hall–Kier alpha value is -6.26. The number of nitrogens with zero attached hydrogens (tertiary/aromatic N) is 7. The number of aromatic nitrogens is 4. The monoisotopic (exact) mass is 983 g/mol. The third-order valence-corrected chi connectivity index (χ3v) is 13.1. The number of allylic oxidation sites excluding steroid dienone is 1. The molecular weight excluding hydrogens is 919 g/mol. The van der Waals surface area contributed by atoms with Crippen molar-refractivity contribution in [1.29, 1.82) is 0 Å². The third-order valence-electron chi connectivity index (χ3n) is 12.5. The number of piperazine rings is 1. The number of aromatic hydroxyl groups is 1. The summed E-state index contributed by atoms with van der Waals surface area (Å²) in [6, 6.07) is 14.8. The molecule has 3 aliphatic heterocycles. The Labute approximate surface area is 413 Å². The lowest BCUT2D eigenvalue weighted by molar-refractivity contribution is -0.144. The van der Waals surface area contributed by atoms with Gasteiger partial charge in [0.05, 0.1) is 62.9 Å². The van der Waals surface area contributed by atoms with Gasteiger partial charge in [-0.15, -0.1) is 22.8 Å². The number of carbonyl (C=O) groups is 3. The number of hydrogen-bond donors (Lipinski definition) is 7. The molecule has 21 heteroatoms. The number of thiol groups is 1. The molecule has 0 saturated carbocycles. The van der Waals surface area contributed by atoms with E-state index in [2.05, 4.69) is 48.2 Å². The predicted octanol–water partition coefficient (Wildman–Crippen LogP) is 2.89. The summed E-state index contributed by atoms with van der Waals surface area (Å²) in [6.07, 6.45) is 4.49. The van der Waals surface area contributed by atoms with E-state index in [1.807, 2.05) is 57.2 Å². The van der Waals surface area contributed by atoms with Gasteiger partial charge in [0.15, 0.2) is 11.6 Å². The van der Waals surface area contributed by atoms with Crippen molar-refractivity contribution in [2.45, 2.75) is 83.8 Å². The van der Waals surface area contributed by atoms with Gasteiger partial charge in [0.1, 0.15) is 31.0 Å². The predicted molar refractivity (Wildman–Crippen MR) is 267 cm³/mol. The van der Waals surface area contributed by atoms with Crippen molar-refractivity contribution in [3.05, 3.63) is 83.8 Å². The average molecular weight is 984 g/mol. The van der Waals surface area contributed by atoms with Gasteiger partial charge < -0.3 is 66.0 Å². The van der Waals surface area contributed by atoms with Crippen LogP contribution in [0.1, 0.15) is 58.1 Å². The van der Waals surface area contributed by atoms with Crippen LogP contribution in [0, 0.1) is 5.41 Å². The molecule has 2 aromatic carbocycles. The largest absolute Gasteiger partial charge is 0.507 e. The number of benzene rings is 2. The molecule has 2 bridgehead atoms. The van der Waals surface area contributed by atoms with Gasteiger partial charge >= 0.3 is 0 Å². The highest BCUT2D eigenvalue weighted by molar-refractivity contribution is 7.90. The van der Waals surface area contributed by atoms with Gasteiger partial charge in [0.25, 0.3) is 0 Å². The second kappa shape index (κ2) is 23.6. The van der Waals surface area contributed by atoms with Crippen molar-refractivity contribution in [2.75, 3.05) is 81.4 Å². The van der Waals surface area contributed by atoms with Crippen molar-refractivity contribution in [3.63, 3.8) is 0 Å². The van der Waals surface area contributed by atoms with E-state index >= 15 is 0 Å². The number of fused-ring (bicyclic) bond motifs is 2. The third kappa shape index (κ3) is 13.1. The summed E-state index contributed by atoms with van der Waals surface area (Å²) >= 11 is 4.44. The first-order valence-corrected chi connectivity index (χ1v) is 23.9. The van der Waals surface area contributed by atoms with E-state index in [4.69, 9.17) is 35.4 Å². The molecule has 3 saturated heterocycles. The molecule has 5 atom stereocenters. The second-order valence-corrected chi connectivity index (χ2v) is 19.2. The van der Waals surface area contributed by atoms with E-state index in [-0.39, 0.29) is 63.8 Å². The number of likely N-dealkylation sites (tertiary alicyclic amines) is 1. The highest BCUT2D eigenvalue weighted by atomic mass is 32.1. The molecule has 5 heterocycles.